The van der Waals surface area contributed by atoms with E-state index in [2.05, 4.69) is 31.1 Å². The first-order valence-corrected chi connectivity index (χ1v) is 9.98. The number of nitrogens with zero attached hydrogens (tertiary/aromatic N) is 2. The van der Waals surface area contributed by atoms with Gasteiger partial charge in [0.15, 0.2) is 5.82 Å². The maximum atomic E-state index is 12.2. The van der Waals surface area contributed by atoms with Gasteiger partial charge in [0.1, 0.15) is 17.3 Å². The highest BCUT2D eigenvalue weighted by Gasteiger charge is 2.20. The number of carbonyl (C=O) groups excluding carboxylic acids is 1. The van der Waals surface area contributed by atoms with Gasteiger partial charge in [0.25, 0.3) is 0 Å². The fraction of sp³-hybridized carbons (Fsp3) is 0.182. The number of aromatic nitrogens is 3. The van der Waals surface area contributed by atoms with Crippen LogP contribution in [0, 0.1) is 0 Å². The third-order valence-electron chi connectivity index (χ3n) is 4.52. The number of H-pyrrole nitrogens is 1. The largest absolute Gasteiger partial charge is 0.465 e. The molecule has 170 valence electrons. The molecule has 0 aliphatic heterocycles. The maximum absolute atomic E-state index is 12.2. The second-order valence-electron chi connectivity index (χ2n) is 8.23. The van der Waals surface area contributed by atoms with E-state index in [9.17, 15) is 9.59 Å². The van der Waals surface area contributed by atoms with Crippen LogP contribution < -0.4 is 20.7 Å². The Morgan fingerprint density at radius 3 is 2.39 bits per heavy atom. The van der Waals surface area contributed by atoms with Crippen LogP contribution in [-0.4, -0.2) is 32.4 Å². The van der Waals surface area contributed by atoms with Crippen LogP contribution in [0.15, 0.2) is 53.1 Å². The van der Waals surface area contributed by atoms with Gasteiger partial charge >= 0.3 is 12.1 Å². The molecule has 11 nitrogen and oxygen atoms in total. The first kappa shape index (κ1) is 21.7. The van der Waals surface area contributed by atoms with E-state index in [0.29, 0.717) is 39.8 Å². The molecule has 0 aliphatic rings. The number of imidazole rings is 1. The van der Waals surface area contributed by atoms with Crippen LogP contribution in [0.5, 0.6) is 11.5 Å². The van der Waals surface area contributed by atoms with Gasteiger partial charge in [0.05, 0.1) is 11.0 Å². The summed E-state index contributed by atoms with van der Waals surface area (Å²) in [5.41, 5.74) is 1.57. The molecule has 11 heteroatoms. The van der Waals surface area contributed by atoms with Crippen molar-refractivity contribution in [2.75, 3.05) is 16.0 Å². The molecule has 2 heterocycles. The molecule has 0 atom stereocenters. The van der Waals surface area contributed by atoms with Crippen LogP contribution >= 0.6 is 0 Å². The molecule has 33 heavy (non-hydrogen) atoms. The predicted molar refractivity (Wildman–Crippen MR) is 122 cm³/mol. The Hall–Kier alpha value is -4.54. The van der Waals surface area contributed by atoms with Crippen LogP contribution in [-0.2, 0) is 5.41 Å². The predicted octanol–water partition coefficient (Wildman–Crippen LogP) is 5.37. The minimum Gasteiger partial charge on any atom is -0.465 e. The van der Waals surface area contributed by atoms with E-state index in [0.717, 1.165) is 0 Å². The molecule has 4 aromatic rings. The van der Waals surface area contributed by atoms with Crippen LogP contribution in [0.25, 0.3) is 11.0 Å². The summed E-state index contributed by atoms with van der Waals surface area (Å²) in [6.45, 7) is 5.96. The van der Waals surface area contributed by atoms with Gasteiger partial charge in [-0.05, 0) is 36.4 Å². The van der Waals surface area contributed by atoms with E-state index >= 15 is 0 Å². The lowest BCUT2D eigenvalue weighted by atomic mass is 9.93. The van der Waals surface area contributed by atoms with Crippen molar-refractivity contribution in [2.45, 2.75) is 26.2 Å². The molecule has 2 aromatic heterocycles. The number of benzene rings is 2. The topological polar surface area (TPSA) is 154 Å². The number of nitrogens with one attached hydrogen (secondary N) is 4. The fourth-order valence-electron chi connectivity index (χ4n) is 2.92. The number of anilines is 3. The highest BCUT2D eigenvalue weighted by Crippen LogP contribution is 2.27. The number of hydrogen-bond donors (Lipinski definition) is 5. The van der Waals surface area contributed by atoms with Crippen LogP contribution in [0.1, 0.15) is 26.5 Å². The molecule has 0 fully saturated rings. The highest BCUT2D eigenvalue weighted by molar-refractivity contribution is 5.99. The van der Waals surface area contributed by atoms with E-state index < -0.39 is 12.1 Å². The molecule has 0 aliphatic carbocycles. The van der Waals surface area contributed by atoms with Gasteiger partial charge in [-0.2, -0.15) is 0 Å². The number of fused-ring (bicyclic) bond motifs is 1. The monoisotopic (exact) mass is 450 g/mol. The number of carbonyl (C=O) groups is 2. The molecule has 0 saturated heterocycles. The Kier molecular flexibility index (Phi) is 5.61. The number of urea groups is 1. The third-order valence-corrected chi connectivity index (χ3v) is 4.52. The van der Waals surface area contributed by atoms with Crippen LogP contribution in [0.3, 0.4) is 0 Å². The summed E-state index contributed by atoms with van der Waals surface area (Å²) in [5.74, 6) is 2.19. The highest BCUT2D eigenvalue weighted by atomic mass is 16.5. The number of carboxylic acid groups (broad SMARTS) is 1. The van der Waals surface area contributed by atoms with Gasteiger partial charge in [-0.25, -0.2) is 14.6 Å². The van der Waals surface area contributed by atoms with Crippen molar-refractivity contribution in [3.8, 4) is 11.5 Å². The lowest BCUT2D eigenvalue weighted by Gasteiger charge is -2.12. The van der Waals surface area contributed by atoms with Crippen molar-refractivity contribution < 1.29 is 24.0 Å². The number of amides is 3. The van der Waals surface area contributed by atoms with E-state index in [4.69, 9.17) is 14.4 Å². The molecular formula is C22H22N6O5. The van der Waals surface area contributed by atoms with Crippen molar-refractivity contribution in [3.63, 3.8) is 0 Å². The first-order valence-electron chi connectivity index (χ1n) is 9.98. The normalized spacial score (nSPS) is 11.2. The average molecular weight is 450 g/mol. The lowest BCUT2D eigenvalue weighted by Crippen LogP contribution is -2.19. The van der Waals surface area contributed by atoms with Crippen molar-refractivity contribution in [2.24, 2.45) is 0 Å². The molecule has 4 rings (SSSR count). The van der Waals surface area contributed by atoms with E-state index in [1.807, 2.05) is 20.8 Å². The minimum atomic E-state index is -1.21. The van der Waals surface area contributed by atoms with Crippen molar-refractivity contribution in [1.29, 1.82) is 0 Å². The quantitative estimate of drug-likeness (QED) is 0.274. The minimum absolute atomic E-state index is 0.128. The summed E-state index contributed by atoms with van der Waals surface area (Å²) < 4.78 is 11.1. The molecule has 0 unspecified atom stereocenters. The smallest absolute Gasteiger partial charge is 0.411 e. The summed E-state index contributed by atoms with van der Waals surface area (Å²) in [6.07, 6.45) is -1.21. The summed E-state index contributed by atoms with van der Waals surface area (Å²) in [5, 5.41) is 20.2. The molecule has 5 N–H and O–H groups in total. The van der Waals surface area contributed by atoms with Gasteiger partial charge in [0.2, 0.25) is 5.95 Å². The van der Waals surface area contributed by atoms with Crippen LogP contribution in [0.4, 0.5) is 27.0 Å². The molecule has 0 spiro atoms. The summed E-state index contributed by atoms with van der Waals surface area (Å²) >= 11 is 0. The van der Waals surface area contributed by atoms with Crippen LogP contribution in [0.2, 0.25) is 0 Å². The lowest BCUT2D eigenvalue weighted by molar-refractivity contribution is 0.209. The third kappa shape index (κ3) is 5.39. The van der Waals surface area contributed by atoms with Gasteiger partial charge in [-0.15, -0.1) is 0 Å². The Morgan fingerprint density at radius 1 is 1.00 bits per heavy atom. The van der Waals surface area contributed by atoms with Crippen molar-refractivity contribution >= 4 is 40.6 Å². The van der Waals surface area contributed by atoms with Gasteiger partial charge in [-0.3, -0.25) is 10.6 Å². The SMILES string of the molecule is CC(C)(C)c1cc(NC(=O)Nc2ccc(Oc3ccc4[nH]c(NC(=O)O)nc4c3)cc2)no1. The average Bonchev–Trinajstić information content (AvgIpc) is 3.35. The molecule has 0 bridgehead atoms. The second kappa shape index (κ2) is 8.54. The van der Waals surface area contributed by atoms with Gasteiger partial charge in [0, 0.05) is 23.2 Å². The van der Waals surface area contributed by atoms with E-state index in [-0.39, 0.29) is 11.4 Å². The zero-order valence-electron chi connectivity index (χ0n) is 18.1. The fourth-order valence-corrected chi connectivity index (χ4v) is 2.92. The Morgan fingerprint density at radius 2 is 1.73 bits per heavy atom. The molecule has 3 amide bonds. The van der Waals surface area contributed by atoms with Gasteiger partial charge < -0.3 is 24.7 Å². The Labute approximate surface area is 188 Å². The summed E-state index contributed by atoms with van der Waals surface area (Å²) in [7, 11) is 0. The van der Waals surface area contributed by atoms with Crippen molar-refractivity contribution in [1.82, 2.24) is 15.1 Å². The van der Waals surface area contributed by atoms with E-state index in [1.54, 1.807) is 48.5 Å². The molecular weight excluding hydrogens is 428 g/mol. The number of rotatable bonds is 5. The first-order chi connectivity index (χ1) is 15.7. The Balaban J connectivity index is 1.36. The Bertz CT molecular complexity index is 1300. The zero-order chi connectivity index (χ0) is 23.6. The standard InChI is InChI=1S/C22H22N6O5/c1-22(2,3)17-11-18(28-33-17)26-20(29)23-12-4-6-13(7-5-12)32-14-8-9-15-16(10-14)25-19(24-15)27-21(30)31/h4-11H,1-3H3,(H,30,31)(H2,24,25,27)(H2,23,26,28,29). The molecule has 2 aromatic carbocycles. The molecule has 0 radical (unpaired) electrons. The number of ether oxygens (including phenoxy) is 1. The summed E-state index contributed by atoms with van der Waals surface area (Å²) in [6, 6.07) is 13.2. The zero-order valence-corrected chi connectivity index (χ0v) is 18.1. The summed E-state index contributed by atoms with van der Waals surface area (Å²) in [4.78, 5) is 30.0. The maximum Gasteiger partial charge on any atom is 0.411 e. The number of hydrogen-bond acceptors (Lipinski definition) is 6. The number of aromatic amines is 1. The van der Waals surface area contributed by atoms with E-state index in [1.165, 1.54) is 0 Å². The molecule has 0 saturated carbocycles. The van der Waals surface area contributed by atoms with Gasteiger partial charge in [-0.1, -0.05) is 25.9 Å². The second-order valence-corrected chi connectivity index (χ2v) is 8.23. The van der Waals surface area contributed by atoms with Crippen molar-refractivity contribution in [3.05, 3.63) is 54.3 Å².